The molecule has 0 aliphatic carbocycles. The molecule has 0 unspecified atom stereocenters. The molecular weight excluding hydrogens is 246 g/mol. The van der Waals surface area contributed by atoms with Gasteiger partial charge in [0.15, 0.2) is 0 Å². The van der Waals surface area contributed by atoms with Crippen LogP contribution >= 0.6 is 0 Å². The third-order valence-electron chi connectivity index (χ3n) is 1.37. The molecule has 0 bridgehead atoms. The molecular formula is C6H8F6N2O2. The van der Waals surface area contributed by atoms with Crippen molar-refractivity contribution in [1.82, 2.24) is 0 Å². The number of nitrogens with zero attached hydrogens (tertiary/aromatic N) is 1. The first-order chi connectivity index (χ1) is 7.09. The first-order valence-corrected chi connectivity index (χ1v) is 3.80. The van der Waals surface area contributed by atoms with Crippen LogP contribution in [-0.2, 0) is 4.74 Å². The summed E-state index contributed by atoms with van der Waals surface area (Å²) in [7, 11) is 0. The van der Waals surface area contributed by atoms with Gasteiger partial charge >= 0.3 is 12.4 Å². The molecule has 0 aromatic heterocycles. The van der Waals surface area contributed by atoms with Gasteiger partial charge in [0.1, 0.15) is 5.84 Å². The molecule has 0 radical (unpaired) electrons. The van der Waals surface area contributed by atoms with Gasteiger partial charge in [0, 0.05) is 6.42 Å². The van der Waals surface area contributed by atoms with E-state index in [1.807, 2.05) is 0 Å². The standard InChI is InChI=1S/C6H8F6N2O2/c7-5(8,9)4(6(10,11)12)16-2-1-3(13)14-15/h4,15H,1-2H2,(H2,13,14). The van der Waals surface area contributed by atoms with Gasteiger partial charge in [0.25, 0.3) is 0 Å². The molecule has 0 rings (SSSR count). The SMILES string of the molecule is NC(CCOC(C(F)(F)F)C(F)(F)F)=NO. The molecule has 0 aromatic rings. The quantitative estimate of drug-likeness (QED) is 0.263. The Hall–Kier alpha value is -1.19. The van der Waals surface area contributed by atoms with E-state index in [0.29, 0.717) is 0 Å². The minimum absolute atomic E-state index is 0.525. The summed E-state index contributed by atoms with van der Waals surface area (Å²) in [6.07, 6.45) is -15.5. The van der Waals surface area contributed by atoms with Gasteiger partial charge in [-0.2, -0.15) is 26.3 Å². The molecule has 0 saturated heterocycles. The Morgan fingerprint density at radius 3 is 1.94 bits per heavy atom. The van der Waals surface area contributed by atoms with Gasteiger partial charge in [0.2, 0.25) is 6.10 Å². The van der Waals surface area contributed by atoms with Crippen molar-refractivity contribution in [2.24, 2.45) is 10.9 Å². The molecule has 96 valence electrons. The Labute approximate surface area is 85.7 Å². The Kier molecular flexibility index (Phi) is 4.84. The second-order valence-electron chi connectivity index (χ2n) is 2.68. The zero-order valence-corrected chi connectivity index (χ0v) is 7.64. The Morgan fingerprint density at radius 2 is 1.62 bits per heavy atom. The zero-order chi connectivity index (χ0) is 13.0. The lowest BCUT2D eigenvalue weighted by Crippen LogP contribution is -2.44. The molecule has 0 amide bonds. The molecule has 0 aliphatic heterocycles. The van der Waals surface area contributed by atoms with E-state index in [0.717, 1.165) is 0 Å². The molecule has 0 aromatic carbocycles. The average Bonchev–Trinajstić information content (AvgIpc) is 2.07. The van der Waals surface area contributed by atoms with Crippen LogP contribution in [0.15, 0.2) is 5.16 Å². The van der Waals surface area contributed by atoms with Crippen molar-refractivity contribution in [3.63, 3.8) is 0 Å². The van der Waals surface area contributed by atoms with Crippen molar-refractivity contribution in [1.29, 1.82) is 0 Å². The molecule has 0 fully saturated rings. The third-order valence-corrected chi connectivity index (χ3v) is 1.37. The van der Waals surface area contributed by atoms with E-state index >= 15 is 0 Å². The summed E-state index contributed by atoms with van der Waals surface area (Å²) in [5.41, 5.74) is 4.83. The van der Waals surface area contributed by atoms with Crippen LogP contribution in [0.25, 0.3) is 0 Å². The van der Waals surface area contributed by atoms with Gasteiger partial charge < -0.3 is 15.7 Å². The van der Waals surface area contributed by atoms with Crippen LogP contribution in [-0.4, -0.2) is 36.1 Å². The molecule has 0 aliphatic rings. The number of hydrogen-bond acceptors (Lipinski definition) is 3. The smallest absolute Gasteiger partial charge is 0.409 e. The number of rotatable bonds is 4. The van der Waals surface area contributed by atoms with Crippen molar-refractivity contribution in [2.45, 2.75) is 24.9 Å². The number of halogens is 6. The van der Waals surface area contributed by atoms with E-state index in [4.69, 9.17) is 10.9 Å². The second kappa shape index (κ2) is 5.23. The minimum atomic E-state index is -5.55. The van der Waals surface area contributed by atoms with Gasteiger partial charge in [-0.15, -0.1) is 0 Å². The Morgan fingerprint density at radius 1 is 1.19 bits per heavy atom. The molecule has 3 N–H and O–H groups in total. The van der Waals surface area contributed by atoms with Gasteiger partial charge in [-0.25, -0.2) is 0 Å². The fourth-order valence-corrected chi connectivity index (χ4v) is 0.706. The first kappa shape index (κ1) is 14.8. The van der Waals surface area contributed by atoms with Crippen molar-refractivity contribution in [3.05, 3.63) is 0 Å². The number of alkyl halides is 6. The van der Waals surface area contributed by atoms with Crippen LogP contribution < -0.4 is 5.73 Å². The number of amidine groups is 1. The lowest BCUT2D eigenvalue weighted by Gasteiger charge is -2.22. The average molecular weight is 254 g/mol. The fourth-order valence-electron chi connectivity index (χ4n) is 0.706. The Balaban J connectivity index is 4.37. The summed E-state index contributed by atoms with van der Waals surface area (Å²) in [5.74, 6) is -0.525. The van der Waals surface area contributed by atoms with Gasteiger partial charge in [-0.1, -0.05) is 5.16 Å². The molecule has 0 heterocycles. The highest BCUT2D eigenvalue weighted by Crippen LogP contribution is 2.35. The van der Waals surface area contributed by atoms with Gasteiger partial charge in [-0.3, -0.25) is 0 Å². The van der Waals surface area contributed by atoms with Gasteiger partial charge in [-0.05, 0) is 0 Å². The summed E-state index contributed by atoms with van der Waals surface area (Å²) in [6, 6.07) is 0. The minimum Gasteiger partial charge on any atom is -0.409 e. The van der Waals surface area contributed by atoms with E-state index in [9.17, 15) is 26.3 Å². The summed E-state index contributed by atoms with van der Waals surface area (Å²) in [4.78, 5) is 0. The topological polar surface area (TPSA) is 67.8 Å². The van der Waals surface area contributed by atoms with E-state index in [1.54, 1.807) is 0 Å². The third kappa shape index (κ3) is 5.05. The highest BCUT2D eigenvalue weighted by atomic mass is 19.4. The van der Waals surface area contributed by atoms with Crippen LogP contribution in [0.3, 0.4) is 0 Å². The van der Waals surface area contributed by atoms with Crippen molar-refractivity contribution in [3.8, 4) is 0 Å². The van der Waals surface area contributed by atoms with Crippen LogP contribution in [0.1, 0.15) is 6.42 Å². The summed E-state index contributed by atoms with van der Waals surface area (Å²) in [5, 5.41) is 10.3. The molecule has 4 nitrogen and oxygen atoms in total. The summed E-state index contributed by atoms with van der Waals surface area (Å²) < 4.78 is 74.8. The second-order valence-corrected chi connectivity index (χ2v) is 2.68. The largest absolute Gasteiger partial charge is 0.423 e. The van der Waals surface area contributed by atoms with Crippen molar-refractivity contribution in [2.75, 3.05) is 6.61 Å². The molecule has 0 saturated carbocycles. The highest BCUT2D eigenvalue weighted by Gasteiger charge is 2.57. The molecule has 0 atom stereocenters. The molecule has 0 spiro atoms. The number of oxime groups is 1. The molecule has 16 heavy (non-hydrogen) atoms. The van der Waals surface area contributed by atoms with Gasteiger partial charge in [0.05, 0.1) is 6.61 Å². The predicted octanol–water partition coefficient (Wildman–Crippen LogP) is 1.63. The maximum absolute atomic E-state index is 11.9. The number of nitrogens with two attached hydrogens (primary N) is 1. The van der Waals surface area contributed by atoms with Crippen LogP contribution in [0.2, 0.25) is 0 Å². The predicted molar refractivity (Wildman–Crippen MR) is 39.9 cm³/mol. The summed E-state index contributed by atoms with van der Waals surface area (Å²) in [6.45, 7) is -0.959. The van der Waals surface area contributed by atoms with E-state index in [1.165, 1.54) is 0 Å². The van der Waals surface area contributed by atoms with Crippen molar-refractivity contribution >= 4 is 5.84 Å². The van der Waals surface area contributed by atoms with Crippen LogP contribution in [0, 0.1) is 0 Å². The first-order valence-electron chi connectivity index (χ1n) is 3.80. The maximum atomic E-state index is 11.9. The normalized spacial score (nSPS) is 14.6. The highest BCUT2D eigenvalue weighted by molar-refractivity contribution is 5.79. The number of hydrogen-bond donors (Lipinski definition) is 2. The fraction of sp³-hybridized carbons (Fsp3) is 0.833. The summed E-state index contributed by atoms with van der Waals surface area (Å²) >= 11 is 0. The monoisotopic (exact) mass is 254 g/mol. The van der Waals surface area contributed by atoms with E-state index in [2.05, 4.69) is 9.89 Å². The lowest BCUT2D eigenvalue weighted by atomic mass is 10.3. The van der Waals surface area contributed by atoms with Crippen LogP contribution in [0.5, 0.6) is 0 Å². The van der Waals surface area contributed by atoms with E-state index in [-0.39, 0.29) is 0 Å². The van der Waals surface area contributed by atoms with E-state index < -0.39 is 37.3 Å². The Bertz CT molecular complexity index is 234. The van der Waals surface area contributed by atoms with Crippen molar-refractivity contribution < 1.29 is 36.3 Å². The zero-order valence-electron chi connectivity index (χ0n) is 7.64. The lowest BCUT2D eigenvalue weighted by molar-refractivity contribution is -0.321. The number of ether oxygens (including phenoxy) is 1. The molecule has 10 heteroatoms. The maximum Gasteiger partial charge on any atom is 0.423 e. The van der Waals surface area contributed by atoms with Crippen LogP contribution in [0.4, 0.5) is 26.3 Å².